The third-order valence-electron chi connectivity index (χ3n) is 19.1. The summed E-state index contributed by atoms with van der Waals surface area (Å²) in [5, 5.41) is 10.6. The van der Waals surface area contributed by atoms with Gasteiger partial charge in [-0.1, -0.05) is 357 Å². The summed E-state index contributed by atoms with van der Waals surface area (Å²) >= 11 is 0. The van der Waals surface area contributed by atoms with Gasteiger partial charge in [-0.05, 0) is 43.4 Å². The van der Waals surface area contributed by atoms with Crippen LogP contribution in [0, 0.1) is 17.8 Å². The number of hydrogen-bond acceptors (Lipinski definition) is 15. The van der Waals surface area contributed by atoms with Crippen LogP contribution in [0.15, 0.2) is 0 Å². The SMILES string of the molecule is CCCCCCCCCC(=O)OC[C@H](COP(=O)(O)OC[C@H](O)COP(=O)(O)OC[C@@H](COC(=O)CCCCCCCCCCCCCCC(C)C)OC(=O)CCCCCCCCCCCCCCCCCCCCC(C)CC)OC(=O)CCCCCCCCCCCCC(C)CC. The molecule has 98 heavy (non-hydrogen) atoms. The minimum atomic E-state index is -4.96. The minimum Gasteiger partial charge on any atom is -0.462 e. The summed E-state index contributed by atoms with van der Waals surface area (Å²) in [5.41, 5.74) is 0. The summed E-state index contributed by atoms with van der Waals surface area (Å²) in [7, 11) is -9.91. The number of carbonyl (C=O) groups is 4. The van der Waals surface area contributed by atoms with Gasteiger partial charge >= 0.3 is 39.5 Å². The highest BCUT2D eigenvalue weighted by Gasteiger charge is 2.30. The van der Waals surface area contributed by atoms with Gasteiger partial charge in [-0.2, -0.15) is 0 Å². The van der Waals surface area contributed by atoms with E-state index in [9.17, 15) is 43.2 Å². The maximum absolute atomic E-state index is 13.1. The van der Waals surface area contributed by atoms with Crippen LogP contribution in [0.25, 0.3) is 0 Å². The van der Waals surface area contributed by atoms with Crippen LogP contribution in [0.4, 0.5) is 0 Å². The third-order valence-corrected chi connectivity index (χ3v) is 21.0. The van der Waals surface area contributed by atoms with Crippen LogP contribution in [0.2, 0.25) is 0 Å². The van der Waals surface area contributed by atoms with Gasteiger partial charge in [0.25, 0.3) is 0 Å². The molecular formula is C79H154O17P2. The van der Waals surface area contributed by atoms with Gasteiger partial charge in [0.1, 0.15) is 19.3 Å². The molecule has 0 fully saturated rings. The number of phosphoric acid groups is 2. The Labute approximate surface area is 600 Å². The zero-order chi connectivity index (χ0) is 72.3. The molecule has 0 aliphatic rings. The van der Waals surface area contributed by atoms with E-state index in [0.717, 1.165) is 120 Å². The molecule has 0 radical (unpaired) electrons. The van der Waals surface area contributed by atoms with Gasteiger partial charge in [-0.3, -0.25) is 37.3 Å². The number of ether oxygens (including phenoxy) is 4. The number of rotatable bonds is 77. The molecule has 0 rings (SSSR count). The van der Waals surface area contributed by atoms with Gasteiger partial charge in [0.05, 0.1) is 26.4 Å². The lowest BCUT2D eigenvalue weighted by atomic mass is 9.99. The Kier molecular flexibility index (Phi) is 68.1. The van der Waals surface area contributed by atoms with Crippen molar-refractivity contribution in [2.24, 2.45) is 17.8 Å². The van der Waals surface area contributed by atoms with Crippen LogP contribution in [0.1, 0.15) is 408 Å². The summed E-state index contributed by atoms with van der Waals surface area (Å²) in [6, 6.07) is 0. The molecule has 0 aromatic heterocycles. The van der Waals surface area contributed by atoms with Crippen molar-refractivity contribution in [2.45, 2.75) is 426 Å². The molecule has 0 aliphatic heterocycles. The summed E-state index contributed by atoms with van der Waals surface area (Å²) in [6.45, 7) is 12.0. The number of phosphoric ester groups is 2. The van der Waals surface area contributed by atoms with Crippen LogP contribution >= 0.6 is 15.6 Å². The Morgan fingerprint density at radius 1 is 0.296 bits per heavy atom. The highest BCUT2D eigenvalue weighted by molar-refractivity contribution is 7.47. The van der Waals surface area contributed by atoms with Crippen LogP contribution in [-0.2, 0) is 65.4 Å². The Morgan fingerprint density at radius 3 is 0.776 bits per heavy atom. The fraction of sp³-hybridized carbons (Fsp3) is 0.949. The van der Waals surface area contributed by atoms with E-state index >= 15 is 0 Å². The van der Waals surface area contributed by atoms with Crippen molar-refractivity contribution in [3.63, 3.8) is 0 Å². The predicted octanol–water partition coefficient (Wildman–Crippen LogP) is 23.4. The molecular weight excluding hydrogens is 1280 g/mol. The lowest BCUT2D eigenvalue weighted by Gasteiger charge is -2.21. The standard InChI is InChI=1S/C79H154O17P2/c1-8-11-12-13-36-46-53-60-76(81)89-66-74(95-79(84)63-56-49-42-35-29-28-32-39-45-52-59-72(7)10-3)68-93-97(85,86)91-64-73(80)65-92-98(87,88)94-69-75(67-90-77(82)61-54-47-40-33-26-23-22-24-30-37-43-50-57-70(4)5)96-78(83)62-55-48-41-34-27-21-19-17-15-14-16-18-20-25-31-38-44-51-58-71(6)9-2/h70-75,80H,8-69H2,1-7H3,(H,85,86)(H,87,88)/t71?,72?,73-,74+,75+/m0/s1. The topological polar surface area (TPSA) is 237 Å². The molecule has 0 saturated carbocycles. The maximum Gasteiger partial charge on any atom is 0.472 e. The summed E-state index contributed by atoms with van der Waals surface area (Å²) in [6.07, 6.45) is 57.0. The first-order chi connectivity index (χ1) is 47.3. The Balaban J connectivity index is 5.17. The van der Waals surface area contributed by atoms with Crippen molar-refractivity contribution in [3.8, 4) is 0 Å². The molecule has 0 amide bonds. The van der Waals surface area contributed by atoms with Crippen LogP contribution in [0.5, 0.6) is 0 Å². The highest BCUT2D eigenvalue weighted by atomic mass is 31.2. The second-order valence-electron chi connectivity index (χ2n) is 29.4. The summed E-state index contributed by atoms with van der Waals surface area (Å²) < 4.78 is 68.5. The number of unbranched alkanes of at least 4 members (excludes halogenated alkanes) is 43. The van der Waals surface area contributed by atoms with Crippen molar-refractivity contribution in [2.75, 3.05) is 39.6 Å². The molecule has 7 atom stereocenters. The smallest absolute Gasteiger partial charge is 0.462 e. The normalized spacial score (nSPS) is 14.6. The van der Waals surface area contributed by atoms with Gasteiger partial charge in [-0.15, -0.1) is 0 Å². The van der Waals surface area contributed by atoms with Gasteiger partial charge in [0, 0.05) is 25.7 Å². The predicted molar refractivity (Wildman–Crippen MR) is 400 cm³/mol. The molecule has 4 unspecified atom stereocenters. The largest absolute Gasteiger partial charge is 0.472 e. The molecule has 0 heterocycles. The molecule has 17 nitrogen and oxygen atoms in total. The molecule has 0 saturated heterocycles. The van der Waals surface area contributed by atoms with Crippen LogP contribution in [0.3, 0.4) is 0 Å². The van der Waals surface area contributed by atoms with E-state index in [2.05, 4.69) is 48.5 Å². The van der Waals surface area contributed by atoms with Crippen LogP contribution < -0.4 is 0 Å². The Bertz CT molecular complexity index is 1910. The van der Waals surface area contributed by atoms with Crippen molar-refractivity contribution in [3.05, 3.63) is 0 Å². The highest BCUT2D eigenvalue weighted by Crippen LogP contribution is 2.45. The van der Waals surface area contributed by atoms with E-state index < -0.39 is 97.5 Å². The van der Waals surface area contributed by atoms with Gasteiger partial charge in [0.2, 0.25) is 0 Å². The Hall–Kier alpha value is -1.94. The fourth-order valence-corrected chi connectivity index (χ4v) is 13.6. The van der Waals surface area contributed by atoms with Crippen molar-refractivity contribution in [1.29, 1.82) is 0 Å². The number of carbonyl (C=O) groups excluding carboxylic acids is 4. The molecule has 0 bridgehead atoms. The monoisotopic (exact) mass is 1440 g/mol. The summed E-state index contributed by atoms with van der Waals surface area (Å²) in [5.74, 6) is 0.337. The second kappa shape index (κ2) is 69.4. The number of esters is 4. The quantitative estimate of drug-likeness (QED) is 0.0222. The zero-order valence-electron chi connectivity index (χ0n) is 64.3. The molecule has 0 spiro atoms. The average molecular weight is 1440 g/mol. The van der Waals surface area contributed by atoms with E-state index in [4.69, 9.17) is 37.0 Å². The first-order valence-corrected chi connectivity index (χ1v) is 43.9. The van der Waals surface area contributed by atoms with Crippen molar-refractivity contribution in [1.82, 2.24) is 0 Å². The van der Waals surface area contributed by atoms with Crippen molar-refractivity contribution < 1.29 is 80.2 Å². The van der Waals surface area contributed by atoms with E-state index in [0.29, 0.717) is 25.7 Å². The molecule has 3 N–H and O–H groups in total. The molecule has 0 aromatic carbocycles. The van der Waals surface area contributed by atoms with Gasteiger partial charge in [-0.25, -0.2) is 9.13 Å². The molecule has 0 aliphatic carbocycles. The van der Waals surface area contributed by atoms with Crippen LogP contribution in [-0.4, -0.2) is 96.7 Å². The molecule has 19 heteroatoms. The lowest BCUT2D eigenvalue weighted by Crippen LogP contribution is -2.30. The van der Waals surface area contributed by atoms with E-state index in [1.165, 1.54) is 205 Å². The summed E-state index contributed by atoms with van der Waals surface area (Å²) in [4.78, 5) is 72.8. The van der Waals surface area contributed by atoms with E-state index in [1.807, 2.05) is 0 Å². The number of aliphatic hydroxyl groups is 1. The first-order valence-electron chi connectivity index (χ1n) is 40.9. The van der Waals surface area contributed by atoms with E-state index in [1.54, 1.807) is 0 Å². The van der Waals surface area contributed by atoms with Crippen molar-refractivity contribution >= 4 is 39.5 Å². The molecule has 0 aromatic rings. The average Bonchev–Trinajstić information content (AvgIpc) is 1.17. The van der Waals surface area contributed by atoms with E-state index in [-0.39, 0.29) is 25.7 Å². The first kappa shape index (κ1) is 96.1. The number of hydrogen-bond donors (Lipinski definition) is 3. The van der Waals surface area contributed by atoms with Gasteiger partial charge in [0.15, 0.2) is 12.2 Å². The van der Waals surface area contributed by atoms with Gasteiger partial charge < -0.3 is 33.8 Å². The minimum absolute atomic E-state index is 0.106. The third kappa shape index (κ3) is 69.8. The second-order valence-corrected chi connectivity index (χ2v) is 32.3. The molecule has 582 valence electrons. The zero-order valence-corrected chi connectivity index (χ0v) is 66.0. The number of aliphatic hydroxyl groups excluding tert-OH is 1. The maximum atomic E-state index is 13.1. The Morgan fingerprint density at radius 2 is 0.520 bits per heavy atom. The lowest BCUT2D eigenvalue weighted by molar-refractivity contribution is -0.161. The fourth-order valence-electron chi connectivity index (χ4n) is 12.1.